The number of hydrogen-bond donors (Lipinski definition) is 2. The van der Waals surface area contributed by atoms with Crippen LogP contribution in [0.4, 0.5) is 0 Å². The second-order valence-corrected chi connectivity index (χ2v) is 6.15. The lowest BCUT2D eigenvalue weighted by atomic mass is 10.1. The van der Waals surface area contributed by atoms with Crippen molar-refractivity contribution in [3.63, 3.8) is 0 Å². The predicted octanol–water partition coefficient (Wildman–Crippen LogP) is 2.17. The van der Waals surface area contributed by atoms with Gasteiger partial charge in [-0.15, -0.1) is 10.2 Å². The highest BCUT2D eigenvalue weighted by Gasteiger charge is 2.02. The maximum absolute atomic E-state index is 5.39. The predicted molar refractivity (Wildman–Crippen MR) is 105 cm³/mol. The summed E-state index contributed by atoms with van der Waals surface area (Å²) in [6, 6.07) is 6.35. The van der Waals surface area contributed by atoms with E-state index >= 15 is 0 Å². The minimum atomic E-state index is 0.801. The maximum Gasteiger partial charge on any atom is 0.191 e. The zero-order valence-electron chi connectivity index (χ0n) is 16.0. The van der Waals surface area contributed by atoms with Gasteiger partial charge in [-0.2, -0.15) is 0 Å². The number of benzene rings is 1. The number of aryl methyl sites for hydroxylation is 2. The van der Waals surface area contributed by atoms with E-state index in [9.17, 15) is 0 Å². The summed E-state index contributed by atoms with van der Waals surface area (Å²) in [5.41, 5.74) is 2.41. The van der Waals surface area contributed by atoms with Gasteiger partial charge in [0.05, 0.1) is 7.11 Å². The largest absolute Gasteiger partial charge is 0.496 e. The SMILES string of the molecule is CCNC(=NCCCCn1cnnc1)NCCc1ccc(C)c(OC)c1. The quantitative estimate of drug-likeness (QED) is 0.387. The minimum Gasteiger partial charge on any atom is -0.496 e. The lowest BCUT2D eigenvalue weighted by Crippen LogP contribution is -2.38. The summed E-state index contributed by atoms with van der Waals surface area (Å²) in [6.07, 6.45) is 6.51. The molecule has 0 bridgehead atoms. The summed E-state index contributed by atoms with van der Waals surface area (Å²) in [6.45, 7) is 7.55. The maximum atomic E-state index is 5.39. The molecule has 0 fully saturated rings. The molecule has 2 rings (SSSR count). The molecule has 0 atom stereocenters. The first kappa shape index (κ1) is 19.8. The van der Waals surface area contributed by atoms with E-state index in [1.165, 1.54) is 5.56 Å². The summed E-state index contributed by atoms with van der Waals surface area (Å²) in [7, 11) is 1.71. The van der Waals surface area contributed by atoms with Crippen LogP contribution in [0.15, 0.2) is 35.8 Å². The molecule has 0 saturated carbocycles. The fourth-order valence-electron chi connectivity index (χ4n) is 2.62. The molecule has 0 amide bonds. The highest BCUT2D eigenvalue weighted by molar-refractivity contribution is 5.79. The van der Waals surface area contributed by atoms with Gasteiger partial charge < -0.3 is 19.9 Å². The van der Waals surface area contributed by atoms with E-state index in [2.05, 4.69) is 57.9 Å². The normalized spacial score (nSPS) is 11.4. The number of nitrogens with one attached hydrogen (secondary N) is 2. The Hall–Kier alpha value is -2.57. The van der Waals surface area contributed by atoms with Crippen molar-refractivity contribution in [1.29, 1.82) is 0 Å². The molecule has 0 spiro atoms. The molecule has 0 saturated heterocycles. The molecule has 0 unspecified atom stereocenters. The van der Waals surface area contributed by atoms with E-state index in [4.69, 9.17) is 4.74 Å². The fourth-order valence-corrected chi connectivity index (χ4v) is 2.62. The van der Waals surface area contributed by atoms with E-state index in [1.54, 1.807) is 19.8 Å². The Balaban J connectivity index is 1.72. The molecular weight excluding hydrogens is 328 g/mol. The number of rotatable bonds is 10. The second kappa shape index (κ2) is 11.1. The van der Waals surface area contributed by atoms with Gasteiger partial charge in [-0.05, 0) is 50.3 Å². The smallest absolute Gasteiger partial charge is 0.191 e. The van der Waals surface area contributed by atoms with Crippen LogP contribution in [0.5, 0.6) is 5.75 Å². The van der Waals surface area contributed by atoms with Gasteiger partial charge in [0.1, 0.15) is 18.4 Å². The molecule has 7 heteroatoms. The zero-order valence-corrected chi connectivity index (χ0v) is 16.0. The highest BCUT2D eigenvalue weighted by atomic mass is 16.5. The van der Waals surface area contributed by atoms with Crippen LogP contribution in [0.1, 0.15) is 30.9 Å². The van der Waals surface area contributed by atoms with Gasteiger partial charge in [-0.1, -0.05) is 12.1 Å². The van der Waals surface area contributed by atoms with E-state index in [1.807, 2.05) is 4.57 Å². The number of guanidine groups is 1. The second-order valence-electron chi connectivity index (χ2n) is 6.15. The van der Waals surface area contributed by atoms with Gasteiger partial charge in [-0.3, -0.25) is 4.99 Å². The van der Waals surface area contributed by atoms with Crippen molar-refractivity contribution in [1.82, 2.24) is 25.4 Å². The molecule has 7 nitrogen and oxygen atoms in total. The number of ether oxygens (including phenoxy) is 1. The Morgan fingerprint density at radius 3 is 2.73 bits per heavy atom. The van der Waals surface area contributed by atoms with Gasteiger partial charge >= 0.3 is 0 Å². The van der Waals surface area contributed by atoms with E-state index < -0.39 is 0 Å². The van der Waals surface area contributed by atoms with Crippen molar-refractivity contribution in [2.75, 3.05) is 26.7 Å². The molecule has 1 heterocycles. The Morgan fingerprint density at radius 1 is 1.19 bits per heavy atom. The third kappa shape index (κ3) is 6.74. The molecule has 1 aromatic carbocycles. The van der Waals surface area contributed by atoms with Crippen LogP contribution in [0.25, 0.3) is 0 Å². The average Bonchev–Trinajstić information content (AvgIpc) is 3.16. The third-order valence-corrected chi connectivity index (χ3v) is 4.08. The van der Waals surface area contributed by atoms with Crippen molar-refractivity contribution < 1.29 is 4.74 Å². The summed E-state index contributed by atoms with van der Waals surface area (Å²) < 4.78 is 7.38. The van der Waals surface area contributed by atoms with Crippen molar-refractivity contribution in [2.45, 2.75) is 39.7 Å². The Bertz CT molecular complexity index is 669. The Morgan fingerprint density at radius 2 is 2.00 bits per heavy atom. The van der Waals surface area contributed by atoms with E-state index in [-0.39, 0.29) is 0 Å². The highest BCUT2D eigenvalue weighted by Crippen LogP contribution is 2.18. The summed E-state index contributed by atoms with van der Waals surface area (Å²) in [4.78, 5) is 4.64. The monoisotopic (exact) mass is 358 g/mol. The van der Waals surface area contributed by atoms with Crippen LogP contribution in [-0.4, -0.2) is 47.5 Å². The van der Waals surface area contributed by atoms with Crippen LogP contribution in [0, 0.1) is 6.92 Å². The number of nitrogens with zero attached hydrogens (tertiary/aromatic N) is 4. The molecule has 26 heavy (non-hydrogen) atoms. The van der Waals surface area contributed by atoms with E-state index in [0.717, 1.165) is 62.7 Å². The molecule has 1 aromatic heterocycles. The van der Waals surface area contributed by atoms with Gasteiger partial charge in [0.2, 0.25) is 0 Å². The van der Waals surface area contributed by atoms with Crippen molar-refractivity contribution in [2.24, 2.45) is 4.99 Å². The minimum absolute atomic E-state index is 0.801. The van der Waals surface area contributed by atoms with Crippen LogP contribution in [-0.2, 0) is 13.0 Å². The standard InChI is InChI=1S/C19H30N6O/c1-4-20-19(21-10-5-6-12-25-14-23-24-15-25)22-11-9-17-8-7-16(2)18(13-17)26-3/h7-8,13-15H,4-6,9-12H2,1-3H3,(H2,20,21,22). The van der Waals surface area contributed by atoms with Crippen molar-refractivity contribution in [3.8, 4) is 5.75 Å². The number of aromatic nitrogens is 3. The van der Waals surface area contributed by atoms with Gasteiger partial charge in [0, 0.05) is 26.2 Å². The summed E-state index contributed by atoms with van der Waals surface area (Å²) in [5, 5.41) is 14.3. The van der Waals surface area contributed by atoms with Crippen LogP contribution in [0.3, 0.4) is 0 Å². The first-order valence-electron chi connectivity index (χ1n) is 9.21. The van der Waals surface area contributed by atoms with Crippen LogP contribution < -0.4 is 15.4 Å². The van der Waals surface area contributed by atoms with Crippen LogP contribution in [0.2, 0.25) is 0 Å². The van der Waals surface area contributed by atoms with Crippen LogP contribution >= 0.6 is 0 Å². The molecule has 0 radical (unpaired) electrons. The molecule has 2 N–H and O–H groups in total. The fraction of sp³-hybridized carbons (Fsp3) is 0.526. The molecule has 2 aromatic rings. The number of methoxy groups -OCH3 is 1. The lowest BCUT2D eigenvalue weighted by Gasteiger charge is -2.12. The topological polar surface area (TPSA) is 76.4 Å². The first-order valence-corrected chi connectivity index (χ1v) is 9.21. The molecular formula is C19H30N6O. The average molecular weight is 358 g/mol. The third-order valence-electron chi connectivity index (χ3n) is 4.08. The first-order chi connectivity index (χ1) is 12.7. The van der Waals surface area contributed by atoms with Crippen molar-refractivity contribution >= 4 is 5.96 Å². The summed E-state index contributed by atoms with van der Waals surface area (Å²) in [5.74, 6) is 1.81. The molecule has 142 valence electrons. The Labute approximate surface area is 155 Å². The Kier molecular flexibility index (Phi) is 8.45. The van der Waals surface area contributed by atoms with Gasteiger partial charge in [0.15, 0.2) is 5.96 Å². The van der Waals surface area contributed by atoms with E-state index in [0.29, 0.717) is 0 Å². The molecule has 0 aliphatic rings. The van der Waals surface area contributed by atoms with Gasteiger partial charge in [0.25, 0.3) is 0 Å². The van der Waals surface area contributed by atoms with Gasteiger partial charge in [-0.25, -0.2) is 0 Å². The van der Waals surface area contributed by atoms with Crippen molar-refractivity contribution in [3.05, 3.63) is 42.0 Å². The number of hydrogen-bond acceptors (Lipinski definition) is 4. The zero-order chi connectivity index (χ0) is 18.6. The molecule has 0 aliphatic carbocycles. The molecule has 0 aliphatic heterocycles. The lowest BCUT2D eigenvalue weighted by molar-refractivity contribution is 0.411. The number of aliphatic imine (C=N–C) groups is 1. The summed E-state index contributed by atoms with van der Waals surface area (Å²) >= 11 is 0. The number of unbranched alkanes of at least 4 members (excludes halogenated alkanes) is 1.